The fraction of sp³-hybridized carbons (Fsp3) is 0.176. The second-order valence-corrected chi connectivity index (χ2v) is 5.19. The predicted octanol–water partition coefficient (Wildman–Crippen LogP) is 2.87. The maximum Gasteiger partial charge on any atom is 0.230 e. The molecule has 1 aliphatic heterocycles. The Morgan fingerprint density at radius 1 is 1.00 bits per heavy atom. The monoisotopic (exact) mass is 276 g/mol. The van der Waals surface area contributed by atoms with Crippen LogP contribution >= 0.6 is 0 Å². The average Bonchev–Trinajstić information content (AvgIpc) is 2.77. The van der Waals surface area contributed by atoms with Crippen molar-refractivity contribution in [1.29, 1.82) is 0 Å². The molecule has 21 heavy (non-hydrogen) atoms. The molecule has 0 amide bonds. The van der Waals surface area contributed by atoms with Crippen LogP contribution in [0.2, 0.25) is 0 Å². The van der Waals surface area contributed by atoms with E-state index in [1.54, 1.807) is 0 Å². The molecule has 0 aliphatic carbocycles. The number of rotatable bonds is 1. The van der Waals surface area contributed by atoms with E-state index in [1.807, 2.05) is 30.5 Å². The van der Waals surface area contributed by atoms with E-state index >= 15 is 0 Å². The van der Waals surface area contributed by atoms with Crippen molar-refractivity contribution in [3.05, 3.63) is 60.3 Å². The lowest BCUT2D eigenvalue weighted by Crippen LogP contribution is -2.25. The van der Waals surface area contributed by atoms with Gasteiger partial charge in [0.15, 0.2) is 0 Å². The summed E-state index contributed by atoms with van der Waals surface area (Å²) in [5.41, 5.74) is 3.46. The van der Waals surface area contributed by atoms with Gasteiger partial charge in [0.2, 0.25) is 5.95 Å². The van der Waals surface area contributed by atoms with Crippen molar-refractivity contribution in [2.45, 2.75) is 6.54 Å². The Balaban J connectivity index is 1.84. The first-order valence-electron chi connectivity index (χ1n) is 7.20. The zero-order valence-electron chi connectivity index (χ0n) is 11.7. The van der Waals surface area contributed by atoms with Gasteiger partial charge in [-0.1, -0.05) is 36.4 Å². The first-order valence-corrected chi connectivity index (χ1v) is 7.20. The van der Waals surface area contributed by atoms with Gasteiger partial charge in [0.25, 0.3) is 0 Å². The van der Waals surface area contributed by atoms with Gasteiger partial charge in [-0.3, -0.25) is 0 Å². The number of aromatic nitrogens is 2. The third-order valence-corrected chi connectivity index (χ3v) is 3.83. The normalized spacial score (nSPS) is 14.8. The minimum absolute atomic E-state index is 0.768. The molecule has 0 unspecified atom stereocenters. The Morgan fingerprint density at radius 2 is 1.86 bits per heavy atom. The fourth-order valence-electron chi connectivity index (χ4n) is 2.76. The summed E-state index contributed by atoms with van der Waals surface area (Å²) in [7, 11) is 0. The van der Waals surface area contributed by atoms with Crippen LogP contribution in [0.5, 0.6) is 0 Å². The minimum atomic E-state index is 0.768. The molecule has 0 radical (unpaired) electrons. The molecule has 0 saturated heterocycles. The van der Waals surface area contributed by atoms with Gasteiger partial charge < -0.3 is 10.2 Å². The zero-order valence-corrected chi connectivity index (χ0v) is 11.7. The van der Waals surface area contributed by atoms with Crippen molar-refractivity contribution in [2.24, 2.45) is 0 Å². The Bertz CT molecular complexity index is 784. The molecule has 0 saturated carbocycles. The molecule has 4 nitrogen and oxygen atoms in total. The first kappa shape index (κ1) is 12.3. The summed E-state index contributed by atoms with van der Waals surface area (Å²) in [6.07, 6.45) is 1.90. The lowest BCUT2D eigenvalue weighted by molar-refractivity contribution is 0.709. The highest BCUT2D eigenvalue weighted by molar-refractivity contribution is 5.79. The standard InChI is InChI=1S/C17H16N4/c1-3-7-15-13(5-1)12-19-17(20-15)21-10-9-18-11-14-6-2-4-8-16(14)21/h1-8,12,18H,9-11H2. The van der Waals surface area contributed by atoms with Crippen LogP contribution in [-0.2, 0) is 6.54 Å². The van der Waals surface area contributed by atoms with Crippen LogP contribution in [0, 0.1) is 0 Å². The van der Waals surface area contributed by atoms with Crippen LogP contribution < -0.4 is 10.2 Å². The summed E-state index contributed by atoms with van der Waals surface area (Å²) in [5.74, 6) is 0.768. The second-order valence-electron chi connectivity index (χ2n) is 5.19. The van der Waals surface area contributed by atoms with Crippen molar-refractivity contribution in [3.8, 4) is 0 Å². The van der Waals surface area contributed by atoms with E-state index in [0.717, 1.165) is 36.5 Å². The average molecular weight is 276 g/mol. The Morgan fingerprint density at radius 3 is 2.86 bits per heavy atom. The van der Waals surface area contributed by atoms with Crippen molar-refractivity contribution in [2.75, 3.05) is 18.0 Å². The Labute approximate surface area is 123 Å². The van der Waals surface area contributed by atoms with Gasteiger partial charge in [-0.2, -0.15) is 0 Å². The van der Waals surface area contributed by atoms with Crippen molar-refractivity contribution in [1.82, 2.24) is 15.3 Å². The lowest BCUT2D eigenvalue weighted by Gasteiger charge is -2.22. The van der Waals surface area contributed by atoms with E-state index in [4.69, 9.17) is 4.98 Å². The number of benzene rings is 2. The van der Waals surface area contributed by atoms with Crippen LogP contribution in [0.25, 0.3) is 10.9 Å². The number of anilines is 2. The highest BCUT2D eigenvalue weighted by Gasteiger charge is 2.18. The number of nitrogens with zero attached hydrogens (tertiary/aromatic N) is 3. The number of para-hydroxylation sites is 2. The molecule has 1 aromatic heterocycles. The van der Waals surface area contributed by atoms with Gasteiger partial charge in [-0.15, -0.1) is 0 Å². The van der Waals surface area contributed by atoms with Gasteiger partial charge in [-0.05, 0) is 17.7 Å². The van der Waals surface area contributed by atoms with Gasteiger partial charge >= 0.3 is 0 Å². The summed E-state index contributed by atoms with van der Waals surface area (Å²) >= 11 is 0. The summed E-state index contributed by atoms with van der Waals surface area (Å²) in [5, 5.41) is 4.51. The maximum absolute atomic E-state index is 4.73. The first-order chi connectivity index (χ1) is 10.4. The van der Waals surface area contributed by atoms with Gasteiger partial charge in [0.1, 0.15) is 0 Å². The summed E-state index contributed by atoms with van der Waals surface area (Å²) in [6.45, 7) is 2.68. The molecule has 0 atom stereocenters. The highest BCUT2D eigenvalue weighted by atomic mass is 15.3. The molecular formula is C17H16N4. The van der Waals surface area contributed by atoms with Crippen molar-refractivity contribution < 1.29 is 0 Å². The summed E-state index contributed by atoms with van der Waals surface area (Å²) < 4.78 is 0. The molecular weight excluding hydrogens is 260 g/mol. The van der Waals surface area contributed by atoms with Gasteiger partial charge in [0.05, 0.1) is 5.52 Å². The van der Waals surface area contributed by atoms with Crippen LogP contribution in [0.4, 0.5) is 11.6 Å². The van der Waals surface area contributed by atoms with Crippen LogP contribution in [0.1, 0.15) is 5.56 Å². The molecule has 0 bridgehead atoms. The third kappa shape index (κ3) is 2.23. The second kappa shape index (κ2) is 5.14. The molecule has 2 aromatic carbocycles. The molecule has 0 spiro atoms. The SMILES string of the molecule is c1ccc2c(c1)CNCCN2c1ncc2ccccc2n1. The highest BCUT2D eigenvalue weighted by Crippen LogP contribution is 2.28. The van der Waals surface area contributed by atoms with E-state index in [1.165, 1.54) is 11.3 Å². The van der Waals surface area contributed by atoms with E-state index in [0.29, 0.717) is 0 Å². The third-order valence-electron chi connectivity index (χ3n) is 3.83. The summed E-state index contributed by atoms with van der Waals surface area (Å²) in [6, 6.07) is 16.5. The molecule has 3 aromatic rings. The fourth-order valence-corrected chi connectivity index (χ4v) is 2.76. The molecule has 104 valence electrons. The van der Waals surface area contributed by atoms with Crippen LogP contribution in [0.3, 0.4) is 0 Å². The molecule has 1 aliphatic rings. The van der Waals surface area contributed by atoms with E-state index in [2.05, 4.69) is 39.5 Å². The smallest absolute Gasteiger partial charge is 0.230 e. The predicted molar refractivity (Wildman–Crippen MR) is 84.7 cm³/mol. The molecule has 4 rings (SSSR count). The quantitative estimate of drug-likeness (QED) is 0.742. The minimum Gasteiger partial charge on any atom is -0.311 e. The molecule has 2 heterocycles. The number of hydrogen-bond acceptors (Lipinski definition) is 4. The Hall–Kier alpha value is -2.46. The topological polar surface area (TPSA) is 41.0 Å². The number of fused-ring (bicyclic) bond motifs is 2. The van der Waals surface area contributed by atoms with E-state index < -0.39 is 0 Å². The molecule has 4 heteroatoms. The summed E-state index contributed by atoms with van der Waals surface area (Å²) in [4.78, 5) is 11.5. The maximum atomic E-state index is 4.73. The lowest BCUT2D eigenvalue weighted by atomic mass is 10.1. The largest absolute Gasteiger partial charge is 0.311 e. The van der Waals surface area contributed by atoms with Crippen LogP contribution in [0.15, 0.2) is 54.7 Å². The van der Waals surface area contributed by atoms with Crippen molar-refractivity contribution in [3.63, 3.8) is 0 Å². The Kier molecular flexibility index (Phi) is 3.01. The van der Waals surface area contributed by atoms with Gasteiger partial charge in [0, 0.05) is 36.9 Å². The van der Waals surface area contributed by atoms with E-state index in [9.17, 15) is 0 Å². The van der Waals surface area contributed by atoms with Gasteiger partial charge in [-0.25, -0.2) is 9.97 Å². The zero-order chi connectivity index (χ0) is 14.1. The van der Waals surface area contributed by atoms with Crippen LogP contribution in [-0.4, -0.2) is 23.1 Å². The van der Waals surface area contributed by atoms with Crippen molar-refractivity contribution >= 4 is 22.5 Å². The van der Waals surface area contributed by atoms with E-state index in [-0.39, 0.29) is 0 Å². The number of nitrogens with one attached hydrogen (secondary N) is 1. The molecule has 0 fully saturated rings. The number of hydrogen-bond donors (Lipinski definition) is 1. The molecule has 1 N–H and O–H groups in total.